The number of fused-ring (bicyclic) bond motifs is 3. The number of halogens is 1. The van der Waals surface area contributed by atoms with E-state index in [2.05, 4.69) is 94.3 Å². The summed E-state index contributed by atoms with van der Waals surface area (Å²) in [7, 11) is -1.00. The molecule has 6 aliphatic heterocycles. The van der Waals surface area contributed by atoms with E-state index in [1.54, 1.807) is 20.8 Å². The number of alkyl halides is 1. The van der Waals surface area contributed by atoms with Gasteiger partial charge < -0.3 is 83.5 Å². The number of anilines is 6. The number of aliphatic hydroxyl groups is 1. The van der Waals surface area contributed by atoms with Crippen molar-refractivity contribution in [2.24, 2.45) is 0 Å². The van der Waals surface area contributed by atoms with Gasteiger partial charge in [0.15, 0.2) is 0 Å². The van der Waals surface area contributed by atoms with Crippen molar-refractivity contribution in [3.63, 3.8) is 0 Å². The highest BCUT2D eigenvalue weighted by atomic mass is 19.1. The Labute approximate surface area is 727 Å². The van der Waals surface area contributed by atoms with Crippen molar-refractivity contribution in [1.29, 1.82) is 0 Å². The molecule has 12 heterocycles. The largest absolute Gasteiger partial charge is 0.481 e. The van der Waals surface area contributed by atoms with Crippen molar-refractivity contribution in [2.45, 2.75) is 117 Å². The monoisotopic (exact) mass is 1730 g/mol. The van der Waals surface area contributed by atoms with Crippen molar-refractivity contribution < 1.29 is 73.5 Å². The predicted octanol–water partition coefficient (Wildman–Crippen LogP) is 3.54. The van der Waals surface area contributed by atoms with Gasteiger partial charge in [-0.3, -0.25) is 33.5 Å². The van der Waals surface area contributed by atoms with E-state index in [4.69, 9.17) is 55.3 Å². The Bertz CT molecular complexity index is 4230. The molecule has 15 rings (SSSR count). The van der Waals surface area contributed by atoms with Gasteiger partial charge in [0, 0.05) is 256 Å². The molecule has 4 N–H and O–H groups in total. The maximum absolute atomic E-state index is 12.7. The fourth-order valence-corrected chi connectivity index (χ4v) is 15.4. The molecule has 0 unspecified atom stereocenters. The van der Waals surface area contributed by atoms with Crippen LogP contribution in [0.4, 0.5) is 40.1 Å². The lowest BCUT2D eigenvalue weighted by atomic mass is 9.98. The number of carbonyl (C=O) groups excluding carboxylic acids is 4. The van der Waals surface area contributed by atoms with E-state index in [0.29, 0.717) is 114 Å². The lowest BCUT2D eigenvalue weighted by molar-refractivity contribution is -0.138. The number of piperazine rings is 6. The molecule has 6 aromatic rings. The van der Waals surface area contributed by atoms with E-state index < -0.39 is 31.0 Å². The Morgan fingerprint density at radius 1 is 0.379 bits per heavy atom. The normalized spacial score (nSPS) is 17.4. The fourth-order valence-electron chi connectivity index (χ4n) is 15.4. The van der Waals surface area contributed by atoms with Crippen LogP contribution in [0.3, 0.4) is 0 Å². The molecule has 0 saturated carbocycles. The Morgan fingerprint density at radius 3 is 0.960 bits per heavy atom. The quantitative estimate of drug-likeness (QED) is 0.0385. The number of aryl methyl sites for hydroxylation is 6. The molecule has 0 bridgehead atoms. The smallest absolute Gasteiger partial charge is 0.341 e. The number of aliphatic carboxylic acids is 1. The Morgan fingerprint density at radius 2 is 0.653 bits per heavy atom. The third-order valence-electron chi connectivity index (χ3n) is 22.6. The topological polar surface area (TPSA) is 412 Å². The lowest BCUT2D eigenvalue weighted by Crippen LogP contribution is -2.49. The highest BCUT2D eigenvalue weighted by molar-refractivity contribution is 5.89. The first-order valence-electron chi connectivity index (χ1n) is 44.7. The van der Waals surface area contributed by atoms with Crippen LogP contribution in [0.5, 0.6) is 0 Å². The summed E-state index contributed by atoms with van der Waals surface area (Å²) in [6.07, 6.45) is 29.5. The van der Waals surface area contributed by atoms with Crippen LogP contribution in [0, 0.1) is 0 Å². The molecule has 6 fully saturated rings. The van der Waals surface area contributed by atoms with Crippen LogP contribution in [0.25, 0.3) is 0 Å². The minimum Gasteiger partial charge on any atom is -0.481 e. The number of hydrogen-bond donors (Lipinski definition) is 4. The number of amides is 2. The SMILES string of the molecule is CCO.CCOC(=O)c1cnc(N2CCN(CCOCCC(=O)N3CCN(c4ncc5c(n4)CCCC5)CC3)CC2)nc1.CCOC(=O)c1cnc(N2CCN(CCOCCC(=O)O)CC2)nc1.O=C(O)c1cnc(N2CCN(CCOCCC(=O)N3CCN(c4ncc5c(n4)CCCC5)CC3)CC2)nc1.[2H]CF.c1nc(N2CCNCC2)nc2c1CCCC2. The van der Waals surface area contributed by atoms with Crippen LogP contribution in [0.15, 0.2) is 55.8 Å². The van der Waals surface area contributed by atoms with Crippen LogP contribution in [0.1, 0.15) is 145 Å². The zero-order valence-corrected chi connectivity index (χ0v) is 72.5. The number of carbonyl (C=O) groups is 6. The van der Waals surface area contributed by atoms with Gasteiger partial charge in [-0.25, -0.2) is 74.2 Å². The number of carboxylic acid groups (broad SMARTS) is 2. The number of carboxylic acids is 2. The predicted molar refractivity (Wildman–Crippen MR) is 463 cm³/mol. The second kappa shape index (κ2) is 52.5. The lowest BCUT2D eigenvalue weighted by Gasteiger charge is -2.35. The number of ether oxygens (including phenoxy) is 5. The number of nitrogens with zero attached hydrogens (tertiary/aromatic N) is 23. The number of aromatic nitrogens is 12. The Kier molecular flexibility index (Phi) is 39.9. The molecule has 0 spiro atoms. The maximum Gasteiger partial charge on any atom is 0.341 e. The zero-order valence-electron chi connectivity index (χ0n) is 73.5. The summed E-state index contributed by atoms with van der Waals surface area (Å²) in [6.45, 7) is 31.1. The number of esters is 2. The van der Waals surface area contributed by atoms with Crippen molar-refractivity contribution in [2.75, 3.05) is 273 Å². The van der Waals surface area contributed by atoms with Crippen molar-refractivity contribution in [1.82, 2.24) is 89.6 Å². The van der Waals surface area contributed by atoms with Crippen molar-refractivity contribution >= 4 is 71.4 Å². The van der Waals surface area contributed by atoms with E-state index in [1.165, 1.54) is 109 Å². The number of nitrogens with one attached hydrogen (secondary N) is 1. The molecule has 124 heavy (non-hydrogen) atoms. The molecule has 2 amide bonds. The van der Waals surface area contributed by atoms with Crippen LogP contribution in [-0.4, -0.2) is 379 Å². The van der Waals surface area contributed by atoms with Gasteiger partial charge in [0.25, 0.3) is 0 Å². The van der Waals surface area contributed by atoms with Gasteiger partial charge in [0.05, 0.1) is 97.3 Å². The van der Waals surface area contributed by atoms with Crippen LogP contribution in [0.2, 0.25) is 0 Å². The highest BCUT2D eigenvalue weighted by Gasteiger charge is 2.29. The summed E-state index contributed by atoms with van der Waals surface area (Å²) < 4.78 is 42.3. The first kappa shape index (κ1) is 94.4. The van der Waals surface area contributed by atoms with Crippen LogP contribution in [-0.2, 0) is 76.6 Å². The summed E-state index contributed by atoms with van der Waals surface area (Å²) in [5.74, 6) is 1.91. The second-order valence-electron chi connectivity index (χ2n) is 30.9. The molecule has 0 aromatic carbocycles. The molecule has 3 aliphatic carbocycles. The minimum atomic E-state index is -1.03. The van der Waals surface area contributed by atoms with Crippen molar-refractivity contribution in [3.05, 3.63) is 106 Å². The molecule has 678 valence electrons. The van der Waals surface area contributed by atoms with Gasteiger partial charge in [-0.2, -0.15) is 0 Å². The third kappa shape index (κ3) is 30.5. The fraction of sp³-hybridized carbons (Fsp3) is 0.647. The first-order valence-corrected chi connectivity index (χ1v) is 44.0. The van der Waals surface area contributed by atoms with Gasteiger partial charge in [-0.15, -0.1) is 0 Å². The Balaban J connectivity index is 0.000000178. The molecule has 9 aliphatic rings. The molecule has 39 heteroatoms. The minimum absolute atomic E-state index is 0.0346. The van der Waals surface area contributed by atoms with Gasteiger partial charge in [0.2, 0.25) is 47.5 Å². The molecule has 0 radical (unpaired) electrons. The first-order chi connectivity index (χ1) is 61.0. The number of aliphatic hydroxyl groups excluding tert-OH is 1. The van der Waals surface area contributed by atoms with E-state index in [9.17, 15) is 33.2 Å². The summed E-state index contributed by atoms with van der Waals surface area (Å²) in [5.41, 5.74) is 8.43. The Hall–Kier alpha value is -10.3. The third-order valence-corrected chi connectivity index (χ3v) is 22.6. The van der Waals surface area contributed by atoms with Gasteiger partial charge >= 0.3 is 23.9 Å². The van der Waals surface area contributed by atoms with Gasteiger partial charge in [-0.1, -0.05) is 0 Å². The average Bonchev–Trinajstić information content (AvgIpc) is 0.825. The van der Waals surface area contributed by atoms with Crippen LogP contribution < -0.4 is 34.7 Å². The number of hydrogen-bond acceptors (Lipinski definition) is 34. The van der Waals surface area contributed by atoms with Gasteiger partial charge in [-0.05, 0) is 115 Å². The summed E-state index contributed by atoms with van der Waals surface area (Å²) in [6, 6.07) is 0. The van der Waals surface area contributed by atoms with Crippen molar-refractivity contribution in [3.8, 4) is 0 Å². The van der Waals surface area contributed by atoms with Crippen LogP contribution >= 0.6 is 0 Å². The summed E-state index contributed by atoms with van der Waals surface area (Å²) >= 11 is 0. The average molecular weight is 1730 g/mol. The second-order valence-corrected chi connectivity index (χ2v) is 30.9. The molecule has 38 nitrogen and oxygen atoms in total. The van der Waals surface area contributed by atoms with Gasteiger partial charge in [0.1, 0.15) is 0 Å². The summed E-state index contributed by atoms with van der Waals surface area (Å²) in [5, 5.41) is 28.4. The zero-order chi connectivity index (χ0) is 88.3. The van der Waals surface area contributed by atoms with E-state index in [0.717, 1.165) is 207 Å². The molecular formula is C85H127FN24O14. The van der Waals surface area contributed by atoms with E-state index >= 15 is 0 Å². The molecule has 6 aromatic heterocycles. The van der Waals surface area contributed by atoms with E-state index in [-0.39, 0.29) is 37.0 Å². The maximum atomic E-state index is 12.7. The van der Waals surface area contributed by atoms with E-state index in [1.807, 2.05) is 28.4 Å². The molecule has 0 atom stereocenters. The summed E-state index contributed by atoms with van der Waals surface area (Å²) in [4.78, 5) is 147. The molecular weight excluding hydrogens is 1600 g/mol. The number of rotatable bonds is 29. The number of aromatic carboxylic acids is 1. The molecule has 6 saturated heterocycles. The highest BCUT2D eigenvalue weighted by Crippen LogP contribution is 2.26. The standard InChI is InChI=1S/C28H40N8O4.C26H36N8O4.C16H24N4O5.C12H18N4.C2H6O.CH3F/c1-2-40-26(38)23-20-29-27(30-21-23)35-10-8-33(9-11-35)16-18-39-17-7-25(37)34-12-14-36(15-13-34)28-31-19-22-5-3-4-6-24(22)32-28;35-23(32-10-12-34(13-11-32)26-29-17-20-3-1-2-4-22(20)30-26)5-15-38-16-14-31-6-8-33(9-7-31)25-27-18-21(19-28-25)24(36)37;1-2-25-15(23)13-11-17-16(18-12-13)20-6-4-19(5-7-20)8-10-24-9-3-14(21)22;1-2-4-11-10(3-1)9-14-12(15-11)16-7-5-13-6-8-16;1-2-3;1-2/h19-21H,2-18H2,1H3;17-19H,1-16H2,(H,36,37);11-12H,2-10H2,1H3,(H,21,22);9,13H,1-8H2;3H,2H2,1H3;1H3/i;;;;;1D.